The maximum Gasteiger partial charge on any atom is 0.256 e. The smallest absolute Gasteiger partial charge is 0.256 e. The van der Waals surface area contributed by atoms with Crippen LogP contribution in [0.5, 0.6) is 0 Å². The highest BCUT2D eigenvalue weighted by atomic mass is 16.1. The van der Waals surface area contributed by atoms with Gasteiger partial charge in [0.1, 0.15) is 5.82 Å². The minimum Gasteiger partial charge on any atom is -0.399 e. The number of nitrogens with two attached hydrogens (primary N) is 1. The van der Waals surface area contributed by atoms with Crippen LogP contribution in [0.3, 0.4) is 0 Å². The average Bonchev–Trinajstić information content (AvgIpc) is 3.19. The summed E-state index contributed by atoms with van der Waals surface area (Å²) < 4.78 is 0. The number of nitrogen functional groups attached to an aromatic ring is 1. The van der Waals surface area contributed by atoms with Crippen LogP contribution in [0, 0.1) is 6.92 Å². The molecule has 2 aromatic carbocycles. The van der Waals surface area contributed by atoms with E-state index in [4.69, 9.17) is 5.73 Å². The van der Waals surface area contributed by atoms with Crippen molar-refractivity contribution in [3.05, 3.63) is 59.7 Å². The molecular formula is C22H26N6O. The van der Waals surface area contributed by atoms with Gasteiger partial charge in [-0.25, -0.2) is 0 Å². The van der Waals surface area contributed by atoms with Crippen molar-refractivity contribution < 1.29 is 4.79 Å². The summed E-state index contributed by atoms with van der Waals surface area (Å²) >= 11 is 0. The van der Waals surface area contributed by atoms with Gasteiger partial charge in [0.2, 0.25) is 0 Å². The summed E-state index contributed by atoms with van der Waals surface area (Å²) in [6, 6.07) is 15.3. The molecule has 2 heterocycles. The van der Waals surface area contributed by atoms with E-state index in [9.17, 15) is 4.79 Å². The van der Waals surface area contributed by atoms with Crippen LogP contribution in [-0.4, -0.2) is 54.2 Å². The van der Waals surface area contributed by atoms with Gasteiger partial charge in [0.05, 0.1) is 5.69 Å². The monoisotopic (exact) mass is 390 g/mol. The zero-order valence-corrected chi connectivity index (χ0v) is 16.8. The molecule has 3 aromatic rings. The topological polar surface area (TPSA) is 90.3 Å². The molecule has 1 aliphatic heterocycles. The number of carbonyl (C=O) groups is 1. The van der Waals surface area contributed by atoms with E-state index in [0.717, 1.165) is 54.4 Å². The lowest BCUT2D eigenvalue weighted by molar-refractivity contribution is 0.102. The molecular weight excluding hydrogens is 364 g/mol. The van der Waals surface area contributed by atoms with E-state index in [1.54, 1.807) is 0 Å². The summed E-state index contributed by atoms with van der Waals surface area (Å²) in [6.45, 7) is 6.07. The summed E-state index contributed by atoms with van der Waals surface area (Å²) in [4.78, 5) is 17.3. The van der Waals surface area contributed by atoms with Crippen molar-refractivity contribution in [3.63, 3.8) is 0 Å². The van der Waals surface area contributed by atoms with Crippen molar-refractivity contribution in [3.8, 4) is 11.3 Å². The van der Waals surface area contributed by atoms with Gasteiger partial charge in [0, 0.05) is 54.7 Å². The Kier molecular flexibility index (Phi) is 5.22. The molecule has 0 atom stereocenters. The second kappa shape index (κ2) is 7.97. The Balaban J connectivity index is 1.42. The molecule has 7 nitrogen and oxygen atoms in total. The van der Waals surface area contributed by atoms with Gasteiger partial charge in [-0.2, -0.15) is 5.10 Å². The molecule has 150 valence electrons. The van der Waals surface area contributed by atoms with E-state index in [0.29, 0.717) is 11.4 Å². The van der Waals surface area contributed by atoms with Crippen LogP contribution in [0.25, 0.3) is 11.3 Å². The summed E-state index contributed by atoms with van der Waals surface area (Å²) in [5.41, 5.74) is 11.1. The largest absolute Gasteiger partial charge is 0.399 e. The Bertz CT molecular complexity index is 1000. The fourth-order valence-electron chi connectivity index (χ4n) is 3.45. The highest BCUT2D eigenvalue weighted by molar-refractivity contribution is 6.04. The van der Waals surface area contributed by atoms with Gasteiger partial charge in [0.25, 0.3) is 5.91 Å². The van der Waals surface area contributed by atoms with Gasteiger partial charge in [-0.3, -0.25) is 9.89 Å². The summed E-state index contributed by atoms with van der Waals surface area (Å²) in [7, 11) is 2.14. The van der Waals surface area contributed by atoms with Crippen molar-refractivity contribution in [1.82, 2.24) is 15.1 Å². The first-order chi connectivity index (χ1) is 14.0. The molecule has 7 heteroatoms. The van der Waals surface area contributed by atoms with E-state index in [-0.39, 0.29) is 5.91 Å². The Morgan fingerprint density at radius 2 is 1.79 bits per heavy atom. The molecule has 1 saturated heterocycles. The number of nitrogens with one attached hydrogen (secondary N) is 2. The number of carbonyl (C=O) groups excluding carboxylic acids is 1. The first-order valence-electron chi connectivity index (χ1n) is 9.76. The van der Waals surface area contributed by atoms with Crippen molar-refractivity contribution in [2.75, 3.05) is 49.2 Å². The Labute approximate surface area is 170 Å². The number of rotatable bonds is 4. The lowest BCUT2D eigenvalue weighted by Gasteiger charge is -2.34. The SMILES string of the molecule is Cc1cc(-c2cc(NC(=O)c3ccc(N4CCN(C)CC4)cc3)[nH]n2)ccc1N. The number of hydrogen-bond donors (Lipinski definition) is 3. The molecule has 4 rings (SSSR count). The van der Waals surface area contributed by atoms with Crippen molar-refractivity contribution in [1.29, 1.82) is 0 Å². The van der Waals surface area contributed by atoms with Crippen LogP contribution >= 0.6 is 0 Å². The zero-order valence-electron chi connectivity index (χ0n) is 16.8. The molecule has 1 amide bonds. The molecule has 1 fully saturated rings. The molecule has 0 bridgehead atoms. The van der Waals surface area contributed by atoms with Gasteiger partial charge in [-0.05, 0) is 55.9 Å². The van der Waals surface area contributed by atoms with Crippen molar-refractivity contribution in [2.24, 2.45) is 0 Å². The normalized spacial score (nSPS) is 14.8. The number of aromatic nitrogens is 2. The summed E-state index contributed by atoms with van der Waals surface area (Å²) in [5.74, 6) is 0.390. The molecule has 0 aliphatic carbocycles. The van der Waals surface area contributed by atoms with Gasteiger partial charge in [-0.1, -0.05) is 6.07 Å². The van der Waals surface area contributed by atoms with Crippen LogP contribution in [0.1, 0.15) is 15.9 Å². The van der Waals surface area contributed by atoms with E-state index >= 15 is 0 Å². The first kappa shape index (κ1) is 19.0. The molecule has 0 saturated carbocycles. The Morgan fingerprint density at radius 1 is 1.07 bits per heavy atom. The van der Waals surface area contributed by atoms with E-state index < -0.39 is 0 Å². The predicted molar refractivity (Wildman–Crippen MR) is 117 cm³/mol. The zero-order chi connectivity index (χ0) is 20.4. The van der Waals surface area contributed by atoms with Crippen LogP contribution < -0.4 is 16.0 Å². The maximum atomic E-state index is 12.6. The molecule has 0 spiro atoms. The van der Waals surface area contributed by atoms with Gasteiger partial charge in [-0.15, -0.1) is 0 Å². The van der Waals surface area contributed by atoms with Crippen LogP contribution in [0.4, 0.5) is 17.2 Å². The maximum absolute atomic E-state index is 12.6. The summed E-state index contributed by atoms with van der Waals surface area (Å²) in [5, 5.41) is 10.1. The minimum atomic E-state index is -0.168. The van der Waals surface area contributed by atoms with Crippen molar-refractivity contribution >= 4 is 23.1 Å². The molecule has 0 unspecified atom stereocenters. The second-order valence-corrected chi connectivity index (χ2v) is 7.53. The summed E-state index contributed by atoms with van der Waals surface area (Å²) in [6.07, 6.45) is 0. The first-order valence-corrected chi connectivity index (χ1v) is 9.76. The van der Waals surface area contributed by atoms with Gasteiger partial charge >= 0.3 is 0 Å². The number of benzene rings is 2. The number of hydrogen-bond acceptors (Lipinski definition) is 5. The van der Waals surface area contributed by atoms with E-state index in [1.807, 2.05) is 55.5 Å². The Hall–Kier alpha value is -3.32. The number of anilines is 3. The number of piperazine rings is 1. The van der Waals surface area contributed by atoms with Gasteiger partial charge in [0.15, 0.2) is 0 Å². The molecule has 1 aliphatic rings. The number of likely N-dealkylation sites (N-methyl/N-ethyl adjacent to an activating group) is 1. The molecule has 4 N–H and O–H groups in total. The van der Waals surface area contributed by atoms with Crippen LogP contribution in [0.15, 0.2) is 48.5 Å². The third-order valence-corrected chi connectivity index (χ3v) is 5.39. The highest BCUT2D eigenvalue weighted by Gasteiger charge is 2.15. The minimum absolute atomic E-state index is 0.168. The quantitative estimate of drug-likeness (QED) is 0.596. The molecule has 29 heavy (non-hydrogen) atoms. The standard InChI is InChI=1S/C22H26N6O/c1-15-13-17(5-8-19(15)23)20-14-21(26-25-20)24-22(29)16-3-6-18(7-4-16)28-11-9-27(2)10-12-28/h3-8,13-14H,9-12,23H2,1-2H3,(H2,24,25,26,29). The van der Waals surface area contributed by atoms with Crippen molar-refractivity contribution in [2.45, 2.75) is 6.92 Å². The molecule has 0 radical (unpaired) electrons. The number of nitrogens with zero attached hydrogens (tertiary/aromatic N) is 3. The third kappa shape index (κ3) is 4.25. The van der Waals surface area contributed by atoms with E-state index in [1.165, 1.54) is 0 Å². The molecule has 1 aromatic heterocycles. The Morgan fingerprint density at radius 3 is 2.48 bits per heavy atom. The third-order valence-electron chi connectivity index (χ3n) is 5.39. The fourth-order valence-corrected chi connectivity index (χ4v) is 3.45. The number of aromatic amines is 1. The van der Waals surface area contributed by atoms with Crippen LogP contribution in [0.2, 0.25) is 0 Å². The lowest BCUT2D eigenvalue weighted by atomic mass is 10.1. The van der Waals surface area contributed by atoms with Gasteiger partial charge < -0.3 is 20.9 Å². The van der Waals surface area contributed by atoms with E-state index in [2.05, 4.69) is 32.4 Å². The fraction of sp³-hybridized carbons (Fsp3) is 0.273. The predicted octanol–water partition coefficient (Wildman–Crippen LogP) is 2.97. The lowest BCUT2D eigenvalue weighted by Crippen LogP contribution is -2.44. The second-order valence-electron chi connectivity index (χ2n) is 7.53. The highest BCUT2D eigenvalue weighted by Crippen LogP contribution is 2.24. The number of amides is 1. The number of aryl methyl sites for hydroxylation is 1. The average molecular weight is 390 g/mol. The number of H-pyrrole nitrogens is 1. The van der Waals surface area contributed by atoms with Crippen LogP contribution in [-0.2, 0) is 0 Å².